The van der Waals surface area contributed by atoms with Gasteiger partial charge in [0.15, 0.2) is 0 Å². The van der Waals surface area contributed by atoms with Crippen LogP contribution in [0.4, 0.5) is 0 Å². The lowest BCUT2D eigenvalue weighted by atomic mass is 10.1. The maximum Gasteiger partial charge on any atom is 0.272 e. The third kappa shape index (κ3) is 3.96. The third-order valence-electron chi connectivity index (χ3n) is 4.27. The summed E-state index contributed by atoms with van der Waals surface area (Å²) in [6, 6.07) is 10.7. The smallest absolute Gasteiger partial charge is 0.272 e. The summed E-state index contributed by atoms with van der Waals surface area (Å²) < 4.78 is 5.28. The van der Waals surface area contributed by atoms with Crippen LogP contribution in [-0.4, -0.2) is 41.9 Å². The first-order valence-corrected chi connectivity index (χ1v) is 8.34. The molecule has 130 valence electrons. The number of ether oxygens (including phenoxy) is 1. The second-order valence-electron chi connectivity index (χ2n) is 5.92. The second-order valence-corrected chi connectivity index (χ2v) is 5.92. The van der Waals surface area contributed by atoms with Gasteiger partial charge in [0.05, 0.1) is 7.11 Å². The van der Waals surface area contributed by atoms with Crippen LogP contribution in [0, 0.1) is 0 Å². The molecule has 1 aromatic heterocycles. The van der Waals surface area contributed by atoms with E-state index in [-0.39, 0.29) is 11.8 Å². The number of carbonyl (C=O) groups is 2. The van der Waals surface area contributed by atoms with Crippen molar-refractivity contribution in [1.82, 2.24) is 15.2 Å². The highest BCUT2D eigenvalue weighted by Gasteiger charge is 2.21. The minimum atomic E-state index is -0.247. The SMILES string of the molecule is COc1ccccc1CNC(=O)c1ccnc(C(=O)N2CCCC2)c1. The van der Waals surface area contributed by atoms with Crippen LogP contribution >= 0.6 is 0 Å². The molecule has 1 fully saturated rings. The molecule has 1 N–H and O–H groups in total. The molecule has 6 heteroatoms. The minimum absolute atomic E-state index is 0.114. The van der Waals surface area contributed by atoms with Gasteiger partial charge < -0.3 is 15.0 Å². The lowest BCUT2D eigenvalue weighted by molar-refractivity contribution is 0.0787. The topological polar surface area (TPSA) is 71.5 Å². The van der Waals surface area contributed by atoms with Crippen LogP contribution in [0.2, 0.25) is 0 Å². The number of likely N-dealkylation sites (tertiary alicyclic amines) is 1. The normalized spacial score (nSPS) is 13.6. The largest absolute Gasteiger partial charge is 0.496 e. The molecule has 0 unspecified atom stereocenters. The number of methoxy groups -OCH3 is 1. The molecule has 0 bridgehead atoms. The van der Waals surface area contributed by atoms with Gasteiger partial charge in [-0.1, -0.05) is 18.2 Å². The van der Waals surface area contributed by atoms with E-state index in [2.05, 4.69) is 10.3 Å². The van der Waals surface area contributed by atoms with Gasteiger partial charge in [-0.05, 0) is 31.0 Å². The lowest BCUT2D eigenvalue weighted by Gasteiger charge is -2.15. The molecule has 0 aliphatic carbocycles. The van der Waals surface area contributed by atoms with Gasteiger partial charge in [-0.15, -0.1) is 0 Å². The summed E-state index contributed by atoms with van der Waals surface area (Å²) in [6.45, 7) is 1.86. The van der Waals surface area contributed by atoms with E-state index < -0.39 is 0 Å². The van der Waals surface area contributed by atoms with Crippen molar-refractivity contribution in [2.24, 2.45) is 0 Å². The zero-order chi connectivity index (χ0) is 17.6. The fraction of sp³-hybridized carbons (Fsp3) is 0.316. The van der Waals surface area contributed by atoms with Gasteiger partial charge in [0.25, 0.3) is 11.8 Å². The molecule has 1 aliphatic rings. The van der Waals surface area contributed by atoms with Crippen LogP contribution in [0.1, 0.15) is 39.3 Å². The number of hydrogen-bond acceptors (Lipinski definition) is 4. The van der Waals surface area contributed by atoms with E-state index in [9.17, 15) is 9.59 Å². The summed E-state index contributed by atoms with van der Waals surface area (Å²) in [5.41, 5.74) is 1.63. The summed E-state index contributed by atoms with van der Waals surface area (Å²) in [5.74, 6) is 0.364. The first-order valence-electron chi connectivity index (χ1n) is 8.34. The number of aromatic nitrogens is 1. The predicted molar refractivity (Wildman–Crippen MR) is 93.5 cm³/mol. The van der Waals surface area contributed by atoms with Crippen LogP contribution in [0.15, 0.2) is 42.6 Å². The van der Waals surface area contributed by atoms with Crippen molar-refractivity contribution in [2.75, 3.05) is 20.2 Å². The standard InChI is InChI=1S/C19H21N3O3/c1-25-17-7-3-2-6-15(17)13-21-18(23)14-8-9-20-16(12-14)19(24)22-10-4-5-11-22/h2-3,6-9,12H,4-5,10-11,13H2,1H3,(H,21,23). The first-order chi connectivity index (χ1) is 12.2. The second kappa shape index (κ2) is 7.79. The van der Waals surface area contributed by atoms with E-state index >= 15 is 0 Å². The molecule has 2 heterocycles. The van der Waals surface area contributed by atoms with Crippen LogP contribution in [0.25, 0.3) is 0 Å². The van der Waals surface area contributed by atoms with Crippen molar-refractivity contribution in [3.05, 3.63) is 59.4 Å². The molecular formula is C19H21N3O3. The monoisotopic (exact) mass is 339 g/mol. The molecule has 25 heavy (non-hydrogen) atoms. The van der Waals surface area contributed by atoms with E-state index in [0.29, 0.717) is 17.8 Å². The number of nitrogens with zero attached hydrogens (tertiary/aromatic N) is 2. The number of para-hydroxylation sites is 1. The fourth-order valence-electron chi connectivity index (χ4n) is 2.90. The Hall–Kier alpha value is -2.89. The Morgan fingerprint density at radius 3 is 2.72 bits per heavy atom. The van der Waals surface area contributed by atoms with Crippen LogP contribution in [0.3, 0.4) is 0 Å². The number of nitrogens with one attached hydrogen (secondary N) is 1. The van der Waals surface area contributed by atoms with Crippen LogP contribution in [-0.2, 0) is 6.54 Å². The average molecular weight is 339 g/mol. The van der Waals surface area contributed by atoms with Gasteiger partial charge >= 0.3 is 0 Å². The van der Waals surface area contributed by atoms with E-state index in [1.165, 1.54) is 6.20 Å². The minimum Gasteiger partial charge on any atom is -0.496 e. The molecule has 1 saturated heterocycles. The van der Waals surface area contributed by atoms with Gasteiger partial charge in [-0.25, -0.2) is 0 Å². The van der Waals surface area contributed by atoms with Gasteiger partial charge in [-0.2, -0.15) is 0 Å². The Balaban J connectivity index is 1.68. The number of benzene rings is 1. The van der Waals surface area contributed by atoms with Gasteiger partial charge in [0, 0.05) is 37.0 Å². The number of hydrogen-bond donors (Lipinski definition) is 1. The lowest BCUT2D eigenvalue weighted by Crippen LogP contribution is -2.29. The zero-order valence-corrected chi connectivity index (χ0v) is 14.2. The fourth-order valence-corrected chi connectivity index (χ4v) is 2.90. The molecule has 3 rings (SSSR count). The quantitative estimate of drug-likeness (QED) is 0.907. The summed E-state index contributed by atoms with van der Waals surface area (Å²) in [6.07, 6.45) is 3.54. The molecule has 1 aliphatic heterocycles. The van der Waals surface area contributed by atoms with Crippen molar-refractivity contribution in [1.29, 1.82) is 0 Å². The number of rotatable bonds is 5. The molecule has 0 radical (unpaired) electrons. The highest BCUT2D eigenvalue weighted by atomic mass is 16.5. The molecule has 6 nitrogen and oxygen atoms in total. The van der Waals surface area contributed by atoms with Crippen molar-refractivity contribution in [2.45, 2.75) is 19.4 Å². The molecule has 0 atom stereocenters. The molecule has 0 spiro atoms. The summed E-state index contributed by atoms with van der Waals surface area (Å²) >= 11 is 0. The molecule has 1 aromatic carbocycles. The first kappa shape index (κ1) is 17.0. The molecular weight excluding hydrogens is 318 g/mol. The number of pyridine rings is 1. The number of amides is 2. The molecule has 2 amide bonds. The highest BCUT2D eigenvalue weighted by molar-refractivity contribution is 5.98. The Bertz CT molecular complexity index is 770. The Kier molecular flexibility index (Phi) is 5.28. The van der Waals surface area contributed by atoms with Crippen molar-refractivity contribution in [3.63, 3.8) is 0 Å². The Morgan fingerprint density at radius 2 is 1.96 bits per heavy atom. The third-order valence-corrected chi connectivity index (χ3v) is 4.27. The Morgan fingerprint density at radius 1 is 1.20 bits per heavy atom. The van der Waals surface area contributed by atoms with Crippen molar-refractivity contribution in [3.8, 4) is 5.75 Å². The highest BCUT2D eigenvalue weighted by Crippen LogP contribution is 2.17. The molecule has 0 saturated carbocycles. The van der Waals surface area contributed by atoms with Gasteiger partial charge in [-0.3, -0.25) is 14.6 Å². The Labute approximate surface area is 146 Å². The van der Waals surface area contributed by atoms with Gasteiger partial charge in [0.2, 0.25) is 0 Å². The van der Waals surface area contributed by atoms with E-state index in [1.54, 1.807) is 24.1 Å². The summed E-state index contributed by atoms with van der Waals surface area (Å²) in [5, 5.41) is 2.85. The summed E-state index contributed by atoms with van der Waals surface area (Å²) in [7, 11) is 1.60. The summed E-state index contributed by atoms with van der Waals surface area (Å²) in [4.78, 5) is 30.7. The van der Waals surface area contributed by atoms with Crippen LogP contribution < -0.4 is 10.1 Å². The maximum atomic E-state index is 12.4. The molecule has 2 aromatic rings. The van der Waals surface area contributed by atoms with Crippen LogP contribution in [0.5, 0.6) is 5.75 Å². The van der Waals surface area contributed by atoms with Crippen molar-refractivity contribution >= 4 is 11.8 Å². The van der Waals surface area contributed by atoms with E-state index in [0.717, 1.165) is 37.2 Å². The maximum absolute atomic E-state index is 12.4. The van der Waals surface area contributed by atoms with E-state index in [1.807, 2.05) is 24.3 Å². The predicted octanol–water partition coefficient (Wildman–Crippen LogP) is 2.26. The van der Waals surface area contributed by atoms with E-state index in [4.69, 9.17) is 4.74 Å². The average Bonchev–Trinajstić information content (AvgIpc) is 3.20. The zero-order valence-electron chi connectivity index (χ0n) is 14.2. The van der Waals surface area contributed by atoms with Gasteiger partial charge in [0.1, 0.15) is 11.4 Å². The van der Waals surface area contributed by atoms with Crippen molar-refractivity contribution < 1.29 is 14.3 Å². The number of carbonyl (C=O) groups excluding carboxylic acids is 2.